The molecule has 0 radical (unpaired) electrons. The minimum absolute atomic E-state index is 0.0960. The molecule has 1 heterocycles. The van der Waals surface area contributed by atoms with Crippen LogP contribution in [-0.2, 0) is 4.79 Å². The van der Waals surface area contributed by atoms with Crippen LogP contribution in [0.25, 0.3) is 0 Å². The van der Waals surface area contributed by atoms with Gasteiger partial charge in [0.25, 0.3) is 11.5 Å². The number of nitrogens with zero attached hydrogens (tertiary/aromatic N) is 1. The molecular weight excluding hydrogens is 276 g/mol. The molecule has 108 valence electrons. The number of anilines is 1. The van der Waals surface area contributed by atoms with Gasteiger partial charge in [0, 0.05) is 17.8 Å². The van der Waals surface area contributed by atoms with E-state index in [-0.39, 0.29) is 5.56 Å². The maximum atomic E-state index is 12.4. The normalized spacial score (nSPS) is 10.1. The number of carbonyl (C=O) groups is 2. The van der Waals surface area contributed by atoms with Crippen LogP contribution in [0.3, 0.4) is 0 Å². The molecule has 3 N–H and O–H groups in total. The number of nitrogens with one attached hydrogen (secondary N) is 1. The average Bonchev–Trinajstić information content (AvgIpc) is 2.44. The second kappa shape index (κ2) is 5.91. The minimum atomic E-state index is -1.19. The topological polar surface area (TPSA) is 111 Å². The third kappa shape index (κ3) is 3.47. The SMILES string of the molecule is O=C(O)CN(C(=O)c1cc(O)[nH]c(=O)c1)c1ccccc1. The lowest BCUT2D eigenvalue weighted by Gasteiger charge is -2.20. The second-order valence-electron chi connectivity index (χ2n) is 4.24. The smallest absolute Gasteiger partial charge is 0.323 e. The third-order valence-corrected chi connectivity index (χ3v) is 2.68. The Kier molecular flexibility index (Phi) is 4.03. The first-order valence-electron chi connectivity index (χ1n) is 5.99. The van der Waals surface area contributed by atoms with E-state index in [2.05, 4.69) is 4.98 Å². The Morgan fingerprint density at radius 1 is 1.14 bits per heavy atom. The van der Waals surface area contributed by atoms with E-state index >= 15 is 0 Å². The fourth-order valence-corrected chi connectivity index (χ4v) is 1.83. The van der Waals surface area contributed by atoms with Crippen LogP contribution in [0.1, 0.15) is 10.4 Å². The van der Waals surface area contributed by atoms with Crippen molar-refractivity contribution in [3.8, 4) is 5.88 Å². The van der Waals surface area contributed by atoms with Gasteiger partial charge in [-0.3, -0.25) is 24.3 Å². The number of carboxylic acid groups (broad SMARTS) is 1. The quantitative estimate of drug-likeness (QED) is 0.771. The number of para-hydroxylation sites is 1. The lowest BCUT2D eigenvalue weighted by molar-refractivity contribution is -0.135. The van der Waals surface area contributed by atoms with Crippen molar-refractivity contribution in [3.05, 3.63) is 58.4 Å². The molecular formula is C14H12N2O5. The van der Waals surface area contributed by atoms with E-state index in [1.54, 1.807) is 30.3 Å². The van der Waals surface area contributed by atoms with Crippen molar-refractivity contribution in [2.24, 2.45) is 0 Å². The van der Waals surface area contributed by atoms with Gasteiger partial charge in [-0.25, -0.2) is 0 Å². The predicted molar refractivity (Wildman–Crippen MR) is 74.5 cm³/mol. The molecule has 0 saturated heterocycles. The number of carbonyl (C=O) groups excluding carboxylic acids is 1. The Hall–Kier alpha value is -3.09. The lowest BCUT2D eigenvalue weighted by Crippen LogP contribution is -2.36. The summed E-state index contributed by atoms with van der Waals surface area (Å²) in [5.41, 5.74) is -0.368. The summed E-state index contributed by atoms with van der Waals surface area (Å²) in [7, 11) is 0. The van der Waals surface area contributed by atoms with E-state index < -0.39 is 29.9 Å². The number of aromatic nitrogens is 1. The Labute approximate surface area is 119 Å². The van der Waals surface area contributed by atoms with Crippen molar-refractivity contribution in [3.63, 3.8) is 0 Å². The van der Waals surface area contributed by atoms with Crippen LogP contribution >= 0.6 is 0 Å². The Morgan fingerprint density at radius 2 is 1.81 bits per heavy atom. The van der Waals surface area contributed by atoms with Crippen LogP contribution in [0.15, 0.2) is 47.3 Å². The van der Waals surface area contributed by atoms with Crippen molar-refractivity contribution in [1.82, 2.24) is 4.98 Å². The number of pyridine rings is 1. The fourth-order valence-electron chi connectivity index (χ4n) is 1.83. The number of hydrogen-bond donors (Lipinski definition) is 3. The Morgan fingerprint density at radius 3 is 2.38 bits per heavy atom. The summed E-state index contributed by atoms with van der Waals surface area (Å²) in [4.78, 5) is 37.7. The third-order valence-electron chi connectivity index (χ3n) is 2.68. The predicted octanol–water partition coefficient (Wildman–Crippen LogP) is 0.812. The fraction of sp³-hybridized carbons (Fsp3) is 0.0714. The van der Waals surface area contributed by atoms with Crippen LogP contribution in [0, 0.1) is 0 Å². The number of H-pyrrole nitrogens is 1. The molecule has 0 saturated carbocycles. The first-order valence-corrected chi connectivity index (χ1v) is 5.99. The Bertz CT molecular complexity index is 724. The molecule has 21 heavy (non-hydrogen) atoms. The van der Waals surface area contributed by atoms with Crippen molar-refractivity contribution in [2.45, 2.75) is 0 Å². The van der Waals surface area contributed by atoms with Gasteiger partial charge in [-0.2, -0.15) is 0 Å². The van der Waals surface area contributed by atoms with Crippen molar-refractivity contribution >= 4 is 17.6 Å². The number of amides is 1. The van der Waals surface area contributed by atoms with Gasteiger partial charge in [0.1, 0.15) is 6.54 Å². The molecule has 1 aromatic carbocycles. The number of carboxylic acids is 1. The zero-order valence-corrected chi connectivity index (χ0v) is 10.8. The van der Waals surface area contributed by atoms with E-state index in [1.165, 1.54) is 0 Å². The maximum absolute atomic E-state index is 12.4. The summed E-state index contributed by atoms with van der Waals surface area (Å²) in [5, 5.41) is 18.3. The number of hydrogen-bond acceptors (Lipinski definition) is 4. The highest BCUT2D eigenvalue weighted by Gasteiger charge is 2.21. The maximum Gasteiger partial charge on any atom is 0.323 e. The number of benzene rings is 1. The van der Waals surface area contributed by atoms with Gasteiger partial charge in [-0.1, -0.05) is 18.2 Å². The molecule has 1 aromatic heterocycles. The van der Waals surface area contributed by atoms with Gasteiger partial charge >= 0.3 is 5.97 Å². The average molecular weight is 288 g/mol. The van der Waals surface area contributed by atoms with Crippen LogP contribution in [-0.4, -0.2) is 33.6 Å². The standard InChI is InChI=1S/C14H12N2O5/c17-11-6-9(7-12(18)15-11)14(21)16(8-13(19)20)10-4-2-1-3-5-10/h1-7H,8H2,(H,19,20)(H2,15,17,18). The molecule has 0 aliphatic rings. The van der Waals surface area contributed by atoms with Crippen LogP contribution in [0.4, 0.5) is 5.69 Å². The second-order valence-corrected chi connectivity index (χ2v) is 4.24. The molecule has 2 rings (SSSR count). The first kappa shape index (κ1) is 14.3. The zero-order valence-electron chi connectivity index (χ0n) is 10.8. The molecule has 0 unspecified atom stereocenters. The van der Waals surface area contributed by atoms with Gasteiger partial charge in [-0.15, -0.1) is 0 Å². The molecule has 2 aromatic rings. The van der Waals surface area contributed by atoms with Gasteiger partial charge in [0.05, 0.1) is 5.56 Å². The molecule has 0 spiro atoms. The highest BCUT2D eigenvalue weighted by Crippen LogP contribution is 2.17. The molecule has 0 fully saturated rings. The monoisotopic (exact) mass is 288 g/mol. The lowest BCUT2D eigenvalue weighted by atomic mass is 10.2. The molecule has 0 aliphatic heterocycles. The highest BCUT2D eigenvalue weighted by atomic mass is 16.4. The van der Waals surface area contributed by atoms with E-state index in [4.69, 9.17) is 5.11 Å². The van der Waals surface area contributed by atoms with Crippen molar-refractivity contribution in [2.75, 3.05) is 11.4 Å². The largest absolute Gasteiger partial charge is 0.494 e. The van der Waals surface area contributed by atoms with E-state index in [0.717, 1.165) is 17.0 Å². The van der Waals surface area contributed by atoms with E-state index in [0.29, 0.717) is 5.69 Å². The molecule has 0 aliphatic carbocycles. The van der Waals surface area contributed by atoms with Gasteiger partial charge < -0.3 is 10.2 Å². The summed E-state index contributed by atoms with van der Waals surface area (Å²) in [6.45, 7) is -0.559. The Balaban J connectivity index is 2.43. The van der Waals surface area contributed by atoms with Crippen molar-refractivity contribution in [1.29, 1.82) is 0 Å². The molecule has 0 bridgehead atoms. The van der Waals surface area contributed by atoms with Gasteiger partial charge in [0.2, 0.25) is 0 Å². The van der Waals surface area contributed by atoms with Crippen LogP contribution < -0.4 is 10.5 Å². The number of aromatic amines is 1. The van der Waals surface area contributed by atoms with Crippen LogP contribution in [0.2, 0.25) is 0 Å². The summed E-state index contributed by atoms with van der Waals surface area (Å²) in [6, 6.07) is 10.3. The molecule has 0 atom stereocenters. The zero-order chi connectivity index (χ0) is 15.4. The van der Waals surface area contributed by atoms with Gasteiger partial charge in [0.15, 0.2) is 5.88 Å². The number of aromatic hydroxyl groups is 1. The number of aliphatic carboxylic acids is 1. The first-order chi connectivity index (χ1) is 9.97. The number of rotatable bonds is 4. The minimum Gasteiger partial charge on any atom is -0.494 e. The summed E-state index contributed by atoms with van der Waals surface area (Å²) in [5.74, 6) is -2.35. The summed E-state index contributed by atoms with van der Waals surface area (Å²) >= 11 is 0. The molecule has 1 amide bonds. The summed E-state index contributed by atoms with van der Waals surface area (Å²) in [6.07, 6.45) is 0. The summed E-state index contributed by atoms with van der Waals surface area (Å²) < 4.78 is 0. The highest BCUT2D eigenvalue weighted by molar-refractivity contribution is 6.08. The van der Waals surface area contributed by atoms with Crippen LogP contribution in [0.5, 0.6) is 5.88 Å². The van der Waals surface area contributed by atoms with Gasteiger partial charge in [-0.05, 0) is 12.1 Å². The molecule has 7 nitrogen and oxygen atoms in total. The molecule has 7 heteroatoms. The van der Waals surface area contributed by atoms with Crippen molar-refractivity contribution < 1.29 is 19.8 Å². The van der Waals surface area contributed by atoms with E-state index in [9.17, 15) is 19.5 Å². The van der Waals surface area contributed by atoms with E-state index in [1.807, 2.05) is 0 Å².